The van der Waals surface area contributed by atoms with E-state index < -0.39 is 5.92 Å². The molecule has 154 valence electrons. The highest BCUT2D eigenvalue weighted by molar-refractivity contribution is 7.98. The average molecular weight is 423 g/mol. The number of carbonyl (C=O) groups excluding carboxylic acids is 1. The first-order valence-electron chi connectivity index (χ1n) is 9.42. The smallest absolute Gasteiger partial charge is 0.279 e. The Morgan fingerprint density at radius 3 is 2.73 bits per heavy atom. The first-order valence-corrected chi connectivity index (χ1v) is 10.4. The Bertz CT molecular complexity index is 1160. The van der Waals surface area contributed by atoms with Crippen LogP contribution in [-0.4, -0.2) is 27.7 Å². The molecule has 1 atom stereocenters. The van der Waals surface area contributed by atoms with Crippen LogP contribution in [0.3, 0.4) is 0 Å². The summed E-state index contributed by atoms with van der Waals surface area (Å²) in [5, 5.41) is 13.1. The first-order chi connectivity index (χ1) is 14.5. The minimum Gasteiger partial charge on any atom is -0.508 e. The van der Waals surface area contributed by atoms with E-state index in [1.807, 2.05) is 30.3 Å². The molecule has 1 aliphatic rings. The summed E-state index contributed by atoms with van der Waals surface area (Å²) in [7, 11) is 3.27. The molecule has 0 saturated carbocycles. The van der Waals surface area contributed by atoms with Gasteiger partial charge in [0.1, 0.15) is 17.3 Å². The van der Waals surface area contributed by atoms with E-state index in [9.17, 15) is 14.7 Å². The normalized spacial score (nSPS) is 15.4. The lowest BCUT2D eigenvalue weighted by atomic mass is 9.86. The number of phenolic OH excluding ortho intramolecular Hbond substituents is 1. The predicted octanol–water partition coefficient (Wildman–Crippen LogP) is 3.26. The molecule has 3 aromatic rings. The number of methoxy groups -OCH3 is 1. The summed E-state index contributed by atoms with van der Waals surface area (Å²) in [5.41, 5.74) is 1.82. The second-order valence-electron chi connectivity index (χ2n) is 7.03. The van der Waals surface area contributed by atoms with Gasteiger partial charge in [0, 0.05) is 36.8 Å². The molecule has 2 heterocycles. The van der Waals surface area contributed by atoms with Crippen molar-refractivity contribution in [3.8, 4) is 11.5 Å². The number of hydrogen-bond acceptors (Lipinski definition) is 6. The number of phenols is 1. The van der Waals surface area contributed by atoms with Crippen molar-refractivity contribution in [2.24, 2.45) is 7.05 Å². The largest absolute Gasteiger partial charge is 0.508 e. The molecule has 30 heavy (non-hydrogen) atoms. The summed E-state index contributed by atoms with van der Waals surface area (Å²) in [6.07, 6.45) is 0.0988. The Morgan fingerprint density at radius 1 is 1.23 bits per heavy atom. The van der Waals surface area contributed by atoms with Crippen molar-refractivity contribution in [1.29, 1.82) is 0 Å². The van der Waals surface area contributed by atoms with Crippen molar-refractivity contribution in [1.82, 2.24) is 9.55 Å². The number of aromatic hydroxyl groups is 1. The van der Waals surface area contributed by atoms with E-state index in [2.05, 4.69) is 10.3 Å². The Labute approximate surface area is 177 Å². The van der Waals surface area contributed by atoms with Gasteiger partial charge in [-0.3, -0.25) is 9.59 Å². The van der Waals surface area contributed by atoms with Crippen LogP contribution in [0.15, 0.2) is 58.5 Å². The molecule has 2 N–H and O–H groups in total. The van der Waals surface area contributed by atoms with Crippen molar-refractivity contribution < 1.29 is 14.6 Å². The van der Waals surface area contributed by atoms with Gasteiger partial charge in [-0.05, 0) is 11.6 Å². The van der Waals surface area contributed by atoms with Crippen LogP contribution in [0.5, 0.6) is 11.5 Å². The monoisotopic (exact) mass is 423 g/mol. The number of rotatable bonds is 5. The maximum absolute atomic E-state index is 13.0. The molecule has 1 amide bonds. The molecule has 0 saturated heterocycles. The van der Waals surface area contributed by atoms with E-state index in [0.717, 1.165) is 5.56 Å². The number of fused-ring (bicyclic) bond motifs is 1. The number of aromatic nitrogens is 2. The second kappa shape index (κ2) is 8.23. The summed E-state index contributed by atoms with van der Waals surface area (Å²) in [6.45, 7) is 0. The maximum atomic E-state index is 13.0. The lowest BCUT2D eigenvalue weighted by Gasteiger charge is -2.28. The highest BCUT2D eigenvalue weighted by Gasteiger charge is 2.33. The minimum absolute atomic E-state index is 0.0507. The fourth-order valence-electron chi connectivity index (χ4n) is 3.64. The molecular weight excluding hydrogens is 402 g/mol. The lowest BCUT2D eigenvalue weighted by Crippen LogP contribution is -2.33. The number of nitrogens with zero attached hydrogens (tertiary/aromatic N) is 2. The van der Waals surface area contributed by atoms with Crippen LogP contribution in [-0.2, 0) is 17.6 Å². The molecule has 0 fully saturated rings. The van der Waals surface area contributed by atoms with Crippen molar-refractivity contribution >= 4 is 23.5 Å². The van der Waals surface area contributed by atoms with Crippen LogP contribution < -0.4 is 15.6 Å². The quantitative estimate of drug-likeness (QED) is 0.483. The molecular formula is C22H21N3O4S. The molecule has 7 nitrogen and oxygen atoms in total. The number of nitrogens with one attached hydrogen (secondary N) is 1. The molecule has 1 aliphatic heterocycles. The Balaban J connectivity index is 1.76. The van der Waals surface area contributed by atoms with Gasteiger partial charge in [0.25, 0.3) is 5.56 Å². The van der Waals surface area contributed by atoms with Crippen LogP contribution in [0, 0.1) is 0 Å². The van der Waals surface area contributed by atoms with Gasteiger partial charge < -0.3 is 19.7 Å². The van der Waals surface area contributed by atoms with Crippen molar-refractivity contribution in [3.05, 3.63) is 75.6 Å². The fourth-order valence-corrected chi connectivity index (χ4v) is 4.56. The van der Waals surface area contributed by atoms with E-state index in [0.29, 0.717) is 33.6 Å². The molecule has 2 aromatic carbocycles. The average Bonchev–Trinajstić information content (AvgIpc) is 2.75. The van der Waals surface area contributed by atoms with E-state index in [4.69, 9.17) is 4.74 Å². The SMILES string of the molecule is COc1cc(O)ccc1C1CC(=O)Nc2c1c(=O)nc(SCc1ccccc1)n2C. The summed E-state index contributed by atoms with van der Waals surface area (Å²) < 4.78 is 7.14. The predicted molar refractivity (Wildman–Crippen MR) is 115 cm³/mol. The van der Waals surface area contributed by atoms with Crippen LogP contribution in [0.25, 0.3) is 0 Å². The molecule has 0 aliphatic carbocycles. The number of ether oxygens (including phenoxy) is 1. The second-order valence-corrected chi connectivity index (χ2v) is 7.97. The highest BCUT2D eigenvalue weighted by Crippen LogP contribution is 2.40. The van der Waals surface area contributed by atoms with Crippen LogP contribution in [0.2, 0.25) is 0 Å². The first kappa shape index (κ1) is 20.0. The van der Waals surface area contributed by atoms with Gasteiger partial charge in [0.05, 0.1) is 12.7 Å². The van der Waals surface area contributed by atoms with Crippen LogP contribution in [0.1, 0.15) is 29.0 Å². The lowest BCUT2D eigenvalue weighted by molar-refractivity contribution is -0.116. The third-order valence-electron chi connectivity index (χ3n) is 5.10. The van der Waals surface area contributed by atoms with E-state index in [1.54, 1.807) is 17.7 Å². The standard InChI is InChI=1S/C22H21N3O4S/c1-25-20-19(21(28)24-22(25)30-12-13-6-4-3-5-7-13)16(11-18(27)23-20)15-9-8-14(26)10-17(15)29-2/h3-10,16,26H,11-12H2,1-2H3,(H,23,27). The van der Waals surface area contributed by atoms with E-state index in [1.165, 1.54) is 31.0 Å². The number of amides is 1. The Hall–Kier alpha value is -3.26. The highest BCUT2D eigenvalue weighted by atomic mass is 32.2. The van der Waals surface area contributed by atoms with Crippen LogP contribution >= 0.6 is 11.8 Å². The molecule has 4 rings (SSSR count). The van der Waals surface area contributed by atoms with Crippen molar-refractivity contribution in [2.45, 2.75) is 23.2 Å². The zero-order chi connectivity index (χ0) is 21.3. The third kappa shape index (κ3) is 3.78. The van der Waals surface area contributed by atoms with Gasteiger partial charge >= 0.3 is 0 Å². The number of benzene rings is 2. The molecule has 0 spiro atoms. The number of thioether (sulfide) groups is 1. The summed E-state index contributed by atoms with van der Waals surface area (Å²) in [5.74, 6) is 0.872. The molecule has 0 bridgehead atoms. The van der Waals surface area contributed by atoms with Gasteiger partial charge in [-0.1, -0.05) is 48.2 Å². The fraction of sp³-hybridized carbons (Fsp3) is 0.227. The summed E-state index contributed by atoms with van der Waals surface area (Å²) in [4.78, 5) is 29.8. The van der Waals surface area contributed by atoms with Gasteiger partial charge in [-0.15, -0.1) is 0 Å². The topological polar surface area (TPSA) is 93.4 Å². The summed E-state index contributed by atoms with van der Waals surface area (Å²) in [6, 6.07) is 14.6. The number of anilines is 1. The van der Waals surface area contributed by atoms with Crippen molar-refractivity contribution in [3.63, 3.8) is 0 Å². The molecule has 1 aromatic heterocycles. The van der Waals surface area contributed by atoms with E-state index >= 15 is 0 Å². The van der Waals surface area contributed by atoms with E-state index in [-0.39, 0.29) is 23.6 Å². The molecule has 0 radical (unpaired) electrons. The Kier molecular flexibility index (Phi) is 5.50. The summed E-state index contributed by atoms with van der Waals surface area (Å²) >= 11 is 1.44. The zero-order valence-electron chi connectivity index (χ0n) is 16.6. The van der Waals surface area contributed by atoms with Crippen LogP contribution in [0.4, 0.5) is 5.82 Å². The number of hydrogen-bond donors (Lipinski definition) is 2. The maximum Gasteiger partial charge on any atom is 0.279 e. The minimum atomic E-state index is -0.510. The molecule has 8 heteroatoms. The van der Waals surface area contributed by atoms with Crippen molar-refractivity contribution in [2.75, 3.05) is 12.4 Å². The third-order valence-corrected chi connectivity index (χ3v) is 6.21. The van der Waals surface area contributed by atoms with Gasteiger partial charge in [-0.25, -0.2) is 0 Å². The Morgan fingerprint density at radius 2 is 2.00 bits per heavy atom. The van der Waals surface area contributed by atoms with Gasteiger partial charge in [-0.2, -0.15) is 4.98 Å². The number of carbonyl (C=O) groups is 1. The van der Waals surface area contributed by atoms with Gasteiger partial charge in [0.2, 0.25) is 5.91 Å². The molecule has 1 unspecified atom stereocenters. The zero-order valence-corrected chi connectivity index (χ0v) is 17.4. The van der Waals surface area contributed by atoms with Gasteiger partial charge in [0.15, 0.2) is 5.16 Å².